The van der Waals surface area contributed by atoms with E-state index < -0.39 is 12.0 Å². The maximum Gasteiger partial charge on any atom is 0.328 e. The van der Waals surface area contributed by atoms with Gasteiger partial charge in [0, 0.05) is 17.3 Å². The number of carboxylic acids is 1. The van der Waals surface area contributed by atoms with Crippen LogP contribution in [0, 0.1) is 0 Å². The zero-order valence-corrected chi connectivity index (χ0v) is 13.2. The van der Waals surface area contributed by atoms with E-state index in [-0.39, 0.29) is 0 Å². The van der Waals surface area contributed by atoms with Crippen LogP contribution in [-0.2, 0) is 17.6 Å². The molecular formula is C20H18N2O2. The number of benzene rings is 2. The molecular weight excluding hydrogens is 300 g/mol. The molecule has 1 aliphatic heterocycles. The number of hydrogen-bond donors (Lipinski definition) is 2. The Morgan fingerprint density at radius 2 is 1.83 bits per heavy atom. The van der Waals surface area contributed by atoms with E-state index in [0.29, 0.717) is 6.42 Å². The SMILES string of the molecule is O=C(O)C1Cc2c([nH]c3ccccc23)C(CCc2ccccc2)=N1. The highest BCUT2D eigenvalue weighted by atomic mass is 16.4. The largest absolute Gasteiger partial charge is 0.480 e. The molecule has 0 saturated carbocycles. The number of nitrogens with one attached hydrogen (secondary N) is 1. The van der Waals surface area contributed by atoms with Crippen molar-refractivity contribution in [1.82, 2.24) is 4.98 Å². The number of aromatic nitrogens is 1. The van der Waals surface area contributed by atoms with Crippen LogP contribution in [0.15, 0.2) is 59.6 Å². The molecule has 1 aromatic heterocycles. The number of hydrogen-bond acceptors (Lipinski definition) is 2. The fourth-order valence-corrected chi connectivity index (χ4v) is 3.39. The predicted molar refractivity (Wildman–Crippen MR) is 94.7 cm³/mol. The monoisotopic (exact) mass is 318 g/mol. The van der Waals surface area contributed by atoms with Gasteiger partial charge in [-0.15, -0.1) is 0 Å². The van der Waals surface area contributed by atoms with Crippen molar-refractivity contribution in [2.24, 2.45) is 4.99 Å². The maximum absolute atomic E-state index is 11.5. The number of aliphatic imine (C=N–C) groups is 1. The Kier molecular flexibility index (Phi) is 3.65. The van der Waals surface area contributed by atoms with E-state index in [1.807, 2.05) is 42.5 Å². The van der Waals surface area contributed by atoms with Crippen LogP contribution in [0.5, 0.6) is 0 Å². The molecule has 24 heavy (non-hydrogen) atoms. The Morgan fingerprint density at radius 1 is 1.08 bits per heavy atom. The molecule has 0 fully saturated rings. The number of aryl methyl sites for hydroxylation is 1. The molecule has 4 nitrogen and oxygen atoms in total. The fraction of sp³-hybridized carbons (Fsp3) is 0.200. The molecule has 4 heteroatoms. The first kappa shape index (κ1) is 14.7. The number of rotatable bonds is 4. The second-order valence-corrected chi connectivity index (χ2v) is 6.14. The van der Waals surface area contributed by atoms with E-state index >= 15 is 0 Å². The van der Waals surface area contributed by atoms with Gasteiger partial charge >= 0.3 is 5.97 Å². The minimum atomic E-state index is -0.858. The molecule has 4 rings (SSSR count). The van der Waals surface area contributed by atoms with E-state index in [0.717, 1.165) is 40.7 Å². The van der Waals surface area contributed by atoms with Crippen LogP contribution < -0.4 is 0 Å². The van der Waals surface area contributed by atoms with Gasteiger partial charge in [-0.3, -0.25) is 4.99 Å². The highest BCUT2D eigenvalue weighted by Gasteiger charge is 2.28. The molecule has 2 heterocycles. The van der Waals surface area contributed by atoms with Gasteiger partial charge in [-0.25, -0.2) is 4.79 Å². The Labute approximate surface area is 139 Å². The number of nitrogens with zero attached hydrogens (tertiary/aromatic N) is 1. The van der Waals surface area contributed by atoms with E-state index in [9.17, 15) is 9.90 Å². The number of aliphatic carboxylic acids is 1. The second-order valence-electron chi connectivity index (χ2n) is 6.14. The lowest BCUT2D eigenvalue weighted by atomic mass is 9.94. The van der Waals surface area contributed by atoms with Crippen molar-refractivity contribution in [3.05, 3.63) is 71.4 Å². The molecule has 2 N–H and O–H groups in total. The summed E-state index contributed by atoms with van der Waals surface area (Å²) in [5, 5.41) is 10.6. The predicted octanol–water partition coefficient (Wildman–Crippen LogP) is 3.60. The molecule has 1 atom stereocenters. The van der Waals surface area contributed by atoms with Crippen LogP contribution in [0.3, 0.4) is 0 Å². The summed E-state index contributed by atoms with van der Waals surface area (Å²) in [7, 11) is 0. The highest BCUT2D eigenvalue weighted by Crippen LogP contribution is 2.29. The molecule has 0 amide bonds. The van der Waals surface area contributed by atoms with Crippen LogP contribution >= 0.6 is 0 Å². The van der Waals surface area contributed by atoms with Gasteiger partial charge in [0.25, 0.3) is 0 Å². The lowest BCUT2D eigenvalue weighted by Crippen LogP contribution is -2.28. The summed E-state index contributed by atoms with van der Waals surface area (Å²) < 4.78 is 0. The van der Waals surface area contributed by atoms with Crippen molar-refractivity contribution in [2.45, 2.75) is 25.3 Å². The van der Waals surface area contributed by atoms with E-state index in [2.05, 4.69) is 22.1 Å². The van der Waals surface area contributed by atoms with E-state index in [1.165, 1.54) is 5.56 Å². The summed E-state index contributed by atoms with van der Waals surface area (Å²) in [5.41, 5.74) is 5.22. The van der Waals surface area contributed by atoms with E-state index in [4.69, 9.17) is 0 Å². The number of H-pyrrole nitrogens is 1. The molecule has 0 radical (unpaired) electrons. The molecule has 2 aromatic carbocycles. The summed E-state index contributed by atoms with van der Waals surface area (Å²) in [6.45, 7) is 0. The van der Waals surface area contributed by atoms with Gasteiger partial charge in [-0.05, 0) is 30.0 Å². The summed E-state index contributed by atoms with van der Waals surface area (Å²) in [4.78, 5) is 19.5. The zero-order valence-electron chi connectivity index (χ0n) is 13.2. The van der Waals surface area contributed by atoms with Crippen molar-refractivity contribution in [3.8, 4) is 0 Å². The molecule has 0 saturated heterocycles. The first-order valence-corrected chi connectivity index (χ1v) is 8.16. The summed E-state index contributed by atoms with van der Waals surface area (Å²) >= 11 is 0. The van der Waals surface area contributed by atoms with Crippen LogP contribution in [0.25, 0.3) is 10.9 Å². The van der Waals surface area contributed by atoms with Crippen molar-refractivity contribution in [3.63, 3.8) is 0 Å². The Bertz CT molecular complexity index is 925. The summed E-state index contributed by atoms with van der Waals surface area (Å²) in [5.74, 6) is -0.858. The van der Waals surface area contributed by atoms with Crippen LogP contribution in [0.2, 0.25) is 0 Å². The normalized spacial score (nSPS) is 16.7. The van der Waals surface area contributed by atoms with Crippen molar-refractivity contribution in [1.29, 1.82) is 0 Å². The minimum absolute atomic E-state index is 0.448. The van der Waals surface area contributed by atoms with Crippen LogP contribution in [0.1, 0.15) is 23.2 Å². The number of carboxylic acid groups (broad SMARTS) is 1. The number of aromatic amines is 1. The second kappa shape index (κ2) is 5.96. The van der Waals surface area contributed by atoms with Crippen molar-refractivity contribution >= 4 is 22.6 Å². The Hall–Kier alpha value is -2.88. The molecule has 0 bridgehead atoms. The molecule has 0 aliphatic carbocycles. The fourth-order valence-electron chi connectivity index (χ4n) is 3.39. The smallest absolute Gasteiger partial charge is 0.328 e. The van der Waals surface area contributed by atoms with Gasteiger partial charge < -0.3 is 10.1 Å². The molecule has 0 spiro atoms. The van der Waals surface area contributed by atoms with Gasteiger partial charge in [0.2, 0.25) is 0 Å². The highest BCUT2D eigenvalue weighted by molar-refractivity contribution is 6.07. The molecule has 120 valence electrons. The van der Waals surface area contributed by atoms with Crippen LogP contribution in [0.4, 0.5) is 0 Å². The van der Waals surface area contributed by atoms with Gasteiger partial charge in [0.15, 0.2) is 6.04 Å². The van der Waals surface area contributed by atoms with Gasteiger partial charge in [-0.2, -0.15) is 0 Å². The average molecular weight is 318 g/mol. The first-order chi connectivity index (χ1) is 11.7. The maximum atomic E-state index is 11.5. The van der Waals surface area contributed by atoms with Gasteiger partial charge in [-0.1, -0.05) is 48.5 Å². The molecule has 3 aromatic rings. The van der Waals surface area contributed by atoms with Crippen molar-refractivity contribution in [2.75, 3.05) is 0 Å². The Balaban J connectivity index is 1.72. The average Bonchev–Trinajstić information content (AvgIpc) is 2.99. The third-order valence-corrected chi connectivity index (χ3v) is 4.59. The third-order valence-electron chi connectivity index (χ3n) is 4.59. The van der Waals surface area contributed by atoms with Gasteiger partial charge in [0.05, 0.1) is 11.4 Å². The summed E-state index contributed by atoms with van der Waals surface area (Å²) in [6, 6.07) is 17.6. The van der Waals surface area contributed by atoms with Crippen LogP contribution in [-0.4, -0.2) is 27.8 Å². The van der Waals surface area contributed by atoms with Gasteiger partial charge in [0.1, 0.15) is 0 Å². The molecule has 1 unspecified atom stereocenters. The third kappa shape index (κ3) is 2.60. The van der Waals surface area contributed by atoms with Crippen molar-refractivity contribution < 1.29 is 9.90 Å². The van der Waals surface area contributed by atoms with E-state index in [1.54, 1.807) is 0 Å². The quantitative estimate of drug-likeness (QED) is 0.772. The number of para-hydroxylation sites is 1. The lowest BCUT2D eigenvalue weighted by molar-refractivity contribution is -0.138. The first-order valence-electron chi connectivity index (χ1n) is 8.16. The standard InChI is InChI=1S/C20H18N2O2/c23-20(24)18-12-15-14-8-4-5-9-16(14)22-19(15)17(21-18)11-10-13-6-2-1-3-7-13/h1-9,18,22H,10-12H2,(H,23,24). The summed E-state index contributed by atoms with van der Waals surface area (Å²) in [6.07, 6.45) is 2.03. The number of fused-ring (bicyclic) bond motifs is 3. The number of carbonyl (C=O) groups is 1. The molecule has 1 aliphatic rings. The minimum Gasteiger partial charge on any atom is -0.480 e. The zero-order chi connectivity index (χ0) is 16.5. The topological polar surface area (TPSA) is 65.4 Å². The Morgan fingerprint density at radius 3 is 2.62 bits per heavy atom. The lowest BCUT2D eigenvalue weighted by Gasteiger charge is -2.18.